The lowest BCUT2D eigenvalue weighted by Gasteiger charge is -2.16. The largest absolute Gasteiger partial charge is 0.208 e. The Morgan fingerprint density at radius 1 is 0.281 bits per heavy atom. The van der Waals surface area contributed by atoms with Gasteiger partial charge in [-0.1, -0.05) is 176 Å². The van der Waals surface area contributed by atoms with Crippen LogP contribution in [0.5, 0.6) is 0 Å². The van der Waals surface area contributed by atoms with Crippen LogP contribution in [0.25, 0.3) is 139 Å². The van der Waals surface area contributed by atoms with Crippen LogP contribution in [0.1, 0.15) is 0 Å². The predicted molar refractivity (Wildman–Crippen MR) is 275 cm³/mol. The minimum absolute atomic E-state index is 0.651. The van der Waals surface area contributed by atoms with E-state index in [9.17, 15) is 0 Å². The minimum atomic E-state index is 0.651. The fourth-order valence-electron chi connectivity index (χ4n) is 10.2. The molecule has 11 aromatic carbocycles. The van der Waals surface area contributed by atoms with Crippen LogP contribution in [0.2, 0.25) is 0 Å². The van der Waals surface area contributed by atoms with Crippen molar-refractivity contribution in [3.05, 3.63) is 200 Å². The van der Waals surface area contributed by atoms with Crippen molar-refractivity contribution in [3.8, 4) is 45.3 Å². The van der Waals surface area contributed by atoms with E-state index in [-0.39, 0.29) is 0 Å². The lowest BCUT2D eigenvalue weighted by atomic mass is 9.88. The molecule has 0 saturated heterocycles. The second-order valence-corrected chi connectivity index (χ2v) is 18.7. The molecule has 0 unspecified atom stereocenters. The number of thiophene rings is 2. The molecule has 0 amide bonds. The van der Waals surface area contributed by atoms with Gasteiger partial charge in [-0.2, -0.15) is 0 Å². The maximum atomic E-state index is 5.30. The number of aromatic nitrogens is 3. The molecule has 0 aliphatic rings. The Morgan fingerprint density at radius 2 is 0.812 bits per heavy atom. The van der Waals surface area contributed by atoms with Crippen molar-refractivity contribution >= 4 is 117 Å². The van der Waals surface area contributed by atoms with E-state index in [0.29, 0.717) is 17.5 Å². The Morgan fingerprint density at radius 3 is 1.59 bits per heavy atom. The van der Waals surface area contributed by atoms with Crippen LogP contribution in [0.3, 0.4) is 0 Å². The van der Waals surface area contributed by atoms with E-state index in [1.54, 1.807) is 11.3 Å². The molecule has 296 valence electrons. The summed E-state index contributed by atoms with van der Waals surface area (Å²) in [6.45, 7) is 0. The summed E-state index contributed by atoms with van der Waals surface area (Å²) < 4.78 is 5.10. The first-order chi connectivity index (χ1) is 31.7. The standard InChI is InChI=1S/C59H33N3S2/c1-2-14-34(15-3-1)57-60-58(36-26-27-44-43-23-12-13-25-50(43)63-51(44)33-36)62-59(61-57)48-30-28-46(41-21-8-9-22-42(41)48)53-37-17-5-4-16-35(37)32-52-55(53)49-31-29-47-40-20-7-6-18-38(40)39-19-10-11-24-45(39)54(47)56(49)64-52/h1-33H. The highest BCUT2D eigenvalue weighted by Crippen LogP contribution is 2.50. The molecule has 0 saturated carbocycles. The number of hydrogen-bond acceptors (Lipinski definition) is 5. The molecule has 3 nitrogen and oxygen atoms in total. The summed E-state index contributed by atoms with van der Waals surface area (Å²) in [6.07, 6.45) is 0. The molecule has 0 bridgehead atoms. The minimum Gasteiger partial charge on any atom is -0.208 e. The number of hydrogen-bond donors (Lipinski definition) is 0. The van der Waals surface area contributed by atoms with Gasteiger partial charge in [0.25, 0.3) is 0 Å². The molecule has 14 aromatic rings. The predicted octanol–water partition coefficient (Wildman–Crippen LogP) is 17.0. The second-order valence-electron chi connectivity index (χ2n) is 16.6. The van der Waals surface area contributed by atoms with Crippen molar-refractivity contribution in [3.63, 3.8) is 0 Å². The van der Waals surface area contributed by atoms with Gasteiger partial charge in [-0.25, -0.2) is 15.0 Å². The molecule has 3 aromatic heterocycles. The highest BCUT2D eigenvalue weighted by atomic mass is 32.1. The third-order valence-corrected chi connectivity index (χ3v) is 15.4. The summed E-state index contributed by atoms with van der Waals surface area (Å²) in [5, 5.41) is 17.6. The van der Waals surface area contributed by atoms with Gasteiger partial charge in [0.05, 0.1) is 0 Å². The Bertz CT molecular complexity index is 4230. The van der Waals surface area contributed by atoms with Crippen LogP contribution >= 0.6 is 22.7 Å². The smallest absolute Gasteiger partial charge is 0.164 e. The van der Waals surface area contributed by atoms with Crippen LogP contribution in [0, 0.1) is 0 Å². The van der Waals surface area contributed by atoms with Gasteiger partial charge in [-0.15, -0.1) is 22.7 Å². The second kappa shape index (κ2) is 13.8. The lowest BCUT2D eigenvalue weighted by Crippen LogP contribution is -2.00. The van der Waals surface area contributed by atoms with E-state index in [0.717, 1.165) is 27.5 Å². The van der Waals surface area contributed by atoms with Crippen molar-refractivity contribution in [2.45, 2.75) is 0 Å². The van der Waals surface area contributed by atoms with Gasteiger partial charge in [0.1, 0.15) is 0 Å². The summed E-state index contributed by atoms with van der Waals surface area (Å²) in [5.41, 5.74) is 5.34. The van der Waals surface area contributed by atoms with Crippen LogP contribution < -0.4 is 0 Å². The summed E-state index contributed by atoms with van der Waals surface area (Å²) in [5.74, 6) is 1.96. The Balaban J connectivity index is 1.02. The molecular formula is C59H33N3S2. The zero-order valence-electron chi connectivity index (χ0n) is 34.2. The first-order valence-electron chi connectivity index (χ1n) is 21.6. The van der Waals surface area contributed by atoms with Gasteiger partial charge in [0, 0.05) is 62.4 Å². The van der Waals surface area contributed by atoms with Crippen LogP contribution in [0.4, 0.5) is 0 Å². The molecule has 14 rings (SSSR count). The number of fused-ring (bicyclic) bond motifs is 15. The number of benzene rings is 11. The molecule has 5 heteroatoms. The summed E-state index contributed by atoms with van der Waals surface area (Å²) in [6, 6.07) is 72.6. The SMILES string of the molecule is c1ccc(-c2nc(-c3ccc4c(c3)sc3ccccc34)nc(-c3ccc(-c4c5ccccc5cc5sc6c(ccc7c8ccccc8c8ccccc8c76)c45)c4ccccc34)n2)cc1. The molecule has 0 aliphatic heterocycles. The van der Waals surface area contributed by atoms with E-state index in [1.807, 2.05) is 29.5 Å². The van der Waals surface area contributed by atoms with Crippen molar-refractivity contribution in [1.29, 1.82) is 0 Å². The van der Waals surface area contributed by atoms with Gasteiger partial charge in [0.2, 0.25) is 0 Å². The molecule has 64 heavy (non-hydrogen) atoms. The Hall–Kier alpha value is -7.83. The topological polar surface area (TPSA) is 38.7 Å². The first-order valence-corrected chi connectivity index (χ1v) is 23.2. The summed E-state index contributed by atoms with van der Waals surface area (Å²) in [4.78, 5) is 15.7. The van der Waals surface area contributed by atoms with E-state index in [4.69, 9.17) is 15.0 Å². The molecule has 3 heterocycles. The van der Waals surface area contributed by atoms with Crippen LogP contribution in [0.15, 0.2) is 200 Å². The first kappa shape index (κ1) is 35.7. The van der Waals surface area contributed by atoms with Crippen molar-refractivity contribution in [1.82, 2.24) is 15.0 Å². The normalized spacial score (nSPS) is 12.1. The maximum Gasteiger partial charge on any atom is 0.164 e. The van der Waals surface area contributed by atoms with E-state index in [1.165, 1.54) is 94.6 Å². The van der Waals surface area contributed by atoms with Gasteiger partial charge < -0.3 is 0 Å². The van der Waals surface area contributed by atoms with Crippen molar-refractivity contribution in [2.24, 2.45) is 0 Å². The molecule has 0 radical (unpaired) electrons. The Labute approximate surface area is 375 Å². The highest BCUT2D eigenvalue weighted by Gasteiger charge is 2.22. The van der Waals surface area contributed by atoms with Crippen molar-refractivity contribution < 1.29 is 0 Å². The summed E-state index contributed by atoms with van der Waals surface area (Å²) in [7, 11) is 0. The average Bonchev–Trinajstić information content (AvgIpc) is 3.93. The molecule has 0 spiro atoms. The van der Waals surface area contributed by atoms with Gasteiger partial charge in [-0.3, -0.25) is 0 Å². The fourth-order valence-corrected chi connectivity index (χ4v) is 12.7. The third-order valence-electron chi connectivity index (χ3n) is 13.1. The van der Waals surface area contributed by atoms with E-state index < -0.39 is 0 Å². The highest BCUT2D eigenvalue weighted by molar-refractivity contribution is 7.27. The van der Waals surface area contributed by atoms with Gasteiger partial charge in [-0.05, 0) is 83.9 Å². The van der Waals surface area contributed by atoms with Crippen LogP contribution in [-0.2, 0) is 0 Å². The fraction of sp³-hybridized carbons (Fsp3) is 0. The van der Waals surface area contributed by atoms with Crippen LogP contribution in [-0.4, -0.2) is 15.0 Å². The Kier molecular flexibility index (Phi) is 7.73. The van der Waals surface area contributed by atoms with Gasteiger partial charge >= 0.3 is 0 Å². The molecular weight excluding hydrogens is 815 g/mol. The maximum absolute atomic E-state index is 5.30. The zero-order valence-corrected chi connectivity index (χ0v) is 35.8. The molecule has 0 N–H and O–H groups in total. The third kappa shape index (κ3) is 5.29. The monoisotopic (exact) mass is 847 g/mol. The van der Waals surface area contributed by atoms with E-state index >= 15 is 0 Å². The lowest BCUT2D eigenvalue weighted by molar-refractivity contribution is 1.08. The summed E-state index contributed by atoms with van der Waals surface area (Å²) >= 11 is 3.72. The van der Waals surface area contributed by atoms with E-state index in [2.05, 4.69) is 182 Å². The van der Waals surface area contributed by atoms with Crippen molar-refractivity contribution in [2.75, 3.05) is 0 Å². The van der Waals surface area contributed by atoms with Gasteiger partial charge in [0.15, 0.2) is 17.5 Å². The average molecular weight is 848 g/mol. The molecule has 0 atom stereocenters. The molecule has 0 aliphatic carbocycles. The number of nitrogens with zero attached hydrogens (tertiary/aromatic N) is 3. The quantitative estimate of drug-likeness (QED) is 0.166. The number of rotatable bonds is 4. The molecule has 0 fully saturated rings. The zero-order chi connectivity index (χ0) is 41.9.